The van der Waals surface area contributed by atoms with Gasteiger partial charge in [-0.15, -0.1) is 0 Å². The Morgan fingerprint density at radius 1 is 0.424 bits per heavy atom. The summed E-state index contributed by atoms with van der Waals surface area (Å²) >= 11 is 0. The highest BCUT2D eigenvalue weighted by Crippen LogP contribution is 2.16. The third kappa shape index (κ3) is 45.9. The molecular formula is C54H103NO4. The zero-order valence-electron chi connectivity index (χ0n) is 39.6. The molecule has 348 valence electrons. The zero-order valence-corrected chi connectivity index (χ0v) is 39.6. The number of hydrogen-bond donors (Lipinski definition) is 4. The second kappa shape index (κ2) is 49.2. The van der Waals surface area contributed by atoms with Gasteiger partial charge in [-0.05, 0) is 57.8 Å². The maximum atomic E-state index is 12.5. The Balaban J connectivity index is 3.60. The second-order valence-corrected chi connectivity index (χ2v) is 18.1. The fourth-order valence-electron chi connectivity index (χ4n) is 8.12. The number of carbonyl (C=O) groups is 1. The normalized spacial score (nSPS) is 13.6. The van der Waals surface area contributed by atoms with E-state index in [9.17, 15) is 20.1 Å². The predicted octanol–water partition coefficient (Wildman–Crippen LogP) is 15.9. The molecule has 0 fully saturated rings. The van der Waals surface area contributed by atoms with Crippen LogP contribution >= 0.6 is 0 Å². The van der Waals surface area contributed by atoms with E-state index >= 15 is 0 Å². The Morgan fingerprint density at radius 3 is 1.08 bits per heavy atom. The number of carbonyl (C=O) groups excluding carboxylic acids is 1. The van der Waals surface area contributed by atoms with Gasteiger partial charge >= 0.3 is 0 Å². The van der Waals surface area contributed by atoms with Crippen molar-refractivity contribution in [2.24, 2.45) is 0 Å². The molecule has 0 rings (SSSR count). The molecule has 3 atom stereocenters. The SMILES string of the molecule is CCCCCCCCCCCCC/C=C/CC/C=C/C(O)C(CO)NC(=O)CC(O)CCCCCCCCCCCCC/C=C\CCCCCCCCCCCCCC. The number of unbranched alkanes of at least 4 members (excludes halogenated alkanes) is 35. The zero-order chi connectivity index (χ0) is 43.0. The van der Waals surface area contributed by atoms with Crippen molar-refractivity contribution >= 4 is 5.91 Å². The van der Waals surface area contributed by atoms with Crippen molar-refractivity contribution in [2.45, 2.75) is 295 Å². The molecular weight excluding hydrogens is 727 g/mol. The van der Waals surface area contributed by atoms with Crippen molar-refractivity contribution in [3.8, 4) is 0 Å². The summed E-state index contributed by atoms with van der Waals surface area (Å²) in [6.07, 6.45) is 63.2. The quantitative estimate of drug-likeness (QED) is 0.0363. The van der Waals surface area contributed by atoms with E-state index in [-0.39, 0.29) is 18.9 Å². The van der Waals surface area contributed by atoms with Gasteiger partial charge in [0, 0.05) is 0 Å². The van der Waals surface area contributed by atoms with Crippen molar-refractivity contribution in [1.82, 2.24) is 5.32 Å². The minimum Gasteiger partial charge on any atom is -0.394 e. The number of hydrogen-bond acceptors (Lipinski definition) is 4. The average Bonchev–Trinajstić information content (AvgIpc) is 3.23. The highest BCUT2D eigenvalue weighted by atomic mass is 16.3. The van der Waals surface area contributed by atoms with Crippen LogP contribution in [0, 0.1) is 0 Å². The van der Waals surface area contributed by atoms with Gasteiger partial charge < -0.3 is 20.6 Å². The first-order valence-corrected chi connectivity index (χ1v) is 26.3. The second-order valence-electron chi connectivity index (χ2n) is 18.1. The highest BCUT2D eigenvalue weighted by molar-refractivity contribution is 5.76. The van der Waals surface area contributed by atoms with E-state index in [4.69, 9.17) is 0 Å². The molecule has 3 unspecified atom stereocenters. The average molecular weight is 830 g/mol. The van der Waals surface area contributed by atoms with E-state index in [1.807, 2.05) is 6.08 Å². The van der Waals surface area contributed by atoms with E-state index in [0.29, 0.717) is 6.42 Å². The summed E-state index contributed by atoms with van der Waals surface area (Å²) in [5, 5.41) is 33.3. The van der Waals surface area contributed by atoms with Gasteiger partial charge in [-0.1, -0.05) is 249 Å². The van der Waals surface area contributed by atoms with Gasteiger partial charge in [-0.2, -0.15) is 0 Å². The van der Waals surface area contributed by atoms with Crippen LogP contribution in [-0.4, -0.2) is 46.1 Å². The van der Waals surface area contributed by atoms with Crippen molar-refractivity contribution in [2.75, 3.05) is 6.61 Å². The van der Waals surface area contributed by atoms with Crippen LogP contribution in [0.25, 0.3) is 0 Å². The van der Waals surface area contributed by atoms with Gasteiger partial charge in [0.15, 0.2) is 0 Å². The summed E-state index contributed by atoms with van der Waals surface area (Å²) < 4.78 is 0. The highest BCUT2D eigenvalue weighted by Gasteiger charge is 2.20. The Hall–Kier alpha value is -1.43. The molecule has 0 spiro atoms. The molecule has 5 heteroatoms. The fraction of sp³-hybridized carbons (Fsp3) is 0.870. The molecule has 4 N–H and O–H groups in total. The monoisotopic (exact) mass is 830 g/mol. The molecule has 0 saturated heterocycles. The standard InChI is InChI=1S/C54H103NO4/c1-3-5-7-9-11-13-15-17-19-21-22-23-24-25-26-27-28-29-30-32-33-35-37-39-41-43-45-47-51(57)49-54(59)55-52(50-56)53(58)48-46-44-42-40-38-36-34-31-20-18-16-14-12-10-8-6-4-2/h25-26,38,40,46,48,51-53,56-58H,3-24,27-37,39,41-45,47,49-50H2,1-2H3,(H,55,59)/b26-25-,40-38+,48-46+. The number of aliphatic hydroxyl groups is 3. The first-order valence-electron chi connectivity index (χ1n) is 26.3. The number of allylic oxidation sites excluding steroid dienone is 5. The fourth-order valence-corrected chi connectivity index (χ4v) is 8.12. The Kier molecular flexibility index (Phi) is 48.0. The molecule has 0 aliphatic carbocycles. The van der Waals surface area contributed by atoms with Crippen molar-refractivity contribution in [1.29, 1.82) is 0 Å². The minimum atomic E-state index is -0.952. The Labute approximate surface area is 368 Å². The summed E-state index contributed by atoms with van der Waals surface area (Å²) in [4.78, 5) is 12.5. The molecule has 0 bridgehead atoms. The third-order valence-corrected chi connectivity index (χ3v) is 12.1. The van der Waals surface area contributed by atoms with Crippen molar-refractivity contribution in [3.05, 3.63) is 36.5 Å². The number of nitrogens with one attached hydrogen (secondary N) is 1. The molecule has 0 radical (unpaired) electrons. The van der Waals surface area contributed by atoms with Gasteiger partial charge in [0.05, 0.1) is 31.3 Å². The maximum Gasteiger partial charge on any atom is 0.222 e. The van der Waals surface area contributed by atoms with Gasteiger partial charge in [0.25, 0.3) is 0 Å². The van der Waals surface area contributed by atoms with Gasteiger partial charge in [0.1, 0.15) is 0 Å². The molecule has 0 saturated carbocycles. The molecule has 0 aromatic heterocycles. The third-order valence-electron chi connectivity index (χ3n) is 12.1. The summed E-state index contributed by atoms with van der Waals surface area (Å²) in [5.41, 5.74) is 0. The predicted molar refractivity (Wildman–Crippen MR) is 259 cm³/mol. The number of aliphatic hydroxyl groups excluding tert-OH is 3. The molecule has 59 heavy (non-hydrogen) atoms. The molecule has 0 aliphatic rings. The van der Waals surface area contributed by atoms with Crippen molar-refractivity contribution < 1.29 is 20.1 Å². The van der Waals surface area contributed by atoms with Crippen LogP contribution in [0.1, 0.15) is 277 Å². The van der Waals surface area contributed by atoms with E-state index in [1.54, 1.807) is 6.08 Å². The van der Waals surface area contributed by atoms with E-state index in [1.165, 1.54) is 218 Å². The van der Waals surface area contributed by atoms with Crippen LogP contribution in [0.5, 0.6) is 0 Å². The van der Waals surface area contributed by atoms with Crippen LogP contribution in [-0.2, 0) is 4.79 Å². The van der Waals surface area contributed by atoms with E-state index in [2.05, 4.69) is 43.5 Å². The summed E-state index contributed by atoms with van der Waals surface area (Å²) in [7, 11) is 0. The van der Waals surface area contributed by atoms with Gasteiger partial charge in [-0.3, -0.25) is 4.79 Å². The van der Waals surface area contributed by atoms with Crippen LogP contribution in [0.4, 0.5) is 0 Å². The number of amides is 1. The van der Waals surface area contributed by atoms with Crippen molar-refractivity contribution in [3.63, 3.8) is 0 Å². The molecule has 0 aromatic carbocycles. The lowest BCUT2D eigenvalue weighted by Gasteiger charge is -2.21. The minimum absolute atomic E-state index is 0.00656. The smallest absolute Gasteiger partial charge is 0.222 e. The lowest BCUT2D eigenvalue weighted by atomic mass is 10.0. The van der Waals surface area contributed by atoms with Crippen LogP contribution in [0.3, 0.4) is 0 Å². The molecule has 5 nitrogen and oxygen atoms in total. The van der Waals surface area contributed by atoms with Gasteiger partial charge in [-0.25, -0.2) is 0 Å². The first kappa shape index (κ1) is 57.6. The van der Waals surface area contributed by atoms with Crippen LogP contribution in [0.2, 0.25) is 0 Å². The molecule has 0 aromatic rings. The summed E-state index contributed by atoms with van der Waals surface area (Å²) in [6, 6.07) is -0.761. The van der Waals surface area contributed by atoms with Crippen LogP contribution in [0.15, 0.2) is 36.5 Å². The van der Waals surface area contributed by atoms with Gasteiger partial charge in [0.2, 0.25) is 5.91 Å². The topological polar surface area (TPSA) is 89.8 Å². The van der Waals surface area contributed by atoms with E-state index < -0.39 is 18.2 Å². The lowest BCUT2D eigenvalue weighted by Crippen LogP contribution is -2.45. The molecule has 0 aliphatic heterocycles. The first-order chi connectivity index (χ1) is 29.0. The molecule has 0 heterocycles. The summed E-state index contributed by atoms with van der Waals surface area (Å²) in [5.74, 6) is -0.323. The van der Waals surface area contributed by atoms with Crippen LogP contribution < -0.4 is 5.32 Å². The number of rotatable bonds is 48. The van der Waals surface area contributed by atoms with E-state index in [0.717, 1.165) is 32.1 Å². The lowest BCUT2D eigenvalue weighted by molar-refractivity contribution is -0.124. The Morgan fingerprint density at radius 2 is 0.729 bits per heavy atom. The Bertz CT molecular complexity index is 916. The summed E-state index contributed by atoms with van der Waals surface area (Å²) in [6.45, 7) is 4.22. The largest absolute Gasteiger partial charge is 0.394 e. The molecule has 1 amide bonds. The maximum absolute atomic E-state index is 12.5.